The van der Waals surface area contributed by atoms with E-state index in [4.69, 9.17) is 11.0 Å². The van der Waals surface area contributed by atoms with Gasteiger partial charge in [-0.2, -0.15) is 5.26 Å². The van der Waals surface area contributed by atoms with Crippen LogP contribution in [0.4, 0.5) is 5.69 Å². The molecule has 4 heteroatoms. The minimum atomic E-state index is 0.664. The van der Waals surface area contributed by atoms with Gasteiger partial charge in [-0.15, -0.1) is 11.8 Å². The van der Waals surface area contributed by atoms with Gasteiger partial charge in [0.1, 0.15) is 6.07 Å². The molecule has 0 radical (unpaired) electrons. The SMILES string of the molecule is CSc1cccc(NCCCN)c1C#N. The van der Waals surface area contributed by atoms with Gasteiger partial charge >= 0.3 is 0 Å². The van der Waals surface area contributed by atoms with Crippen LogP contribution in [0.2, 0.25) is 0 Å². The lowest BCUT2D eigenvalue weighted by Crippen LogP contribution is -2.09. The molecule has 1 aromatic carbocycles. The number of nitriles is 1. The molecule has 0 aliphatic carbocycles. The maximum absolute atomic E-state index is 9.06. The summed E-state index contributed by atoms with van der Waals surface area (Å²) in [5.74, 6) is 0. The van der Waals surface area contributed by atoms with E-state index in [-0.39, 0.29) is 0 Å². The van der Waals surface area contributed by atoms with Gasteiger partial charge < -0.3 is 11.1 Å². The van der Waals surface area contributed by atoms with Crippen molar-refractivity contribution in [1.29, 1.82) is 5.26 Å². The number of anilines is 1. The maximum atomic E-state index is 9.06. The molecular formula is C11H15N3S. The molecule has 80 valence electrons. The third-order valence-electron chi connectivity index (χ3n) is 2.05. The molecule has 3 nitrogen and oxygen atoms in total. The summed E-state index contributed by atoms with van der Waals surface area (Å²) >= 11 is 1.59. The second-order valence-corrected chi connectivity index (χ2v) is 3.91. The summed E-state index contributed by atoms with van der Waals surface area (Å²) in [5.41, 5.74) is 7.04. The Hall–Kier alpha value is -1.18. The van der Waals surface area contributed by atoms with Gasteiger partial charge in [0.15, 0.2) is 0 Å². The second-order valence-electron chi connectivity index (χ2n) is 3.06. The molecule has 1 aromatic rings. The van der Waals surface area contributed by atoms with Crippen molar-refractivity contribution < 1.29 is 0 Å². The van der Waals surface area contributed by atoms with Crippen LogP contribution in [0, 0.1) is 11.3 Å². The maximum Gasteiger partial charge on any atom is 0.102 e. The van der Waals surface area contributed by atoms with Crippen LogP contribution in [0.25, 0.3) is 0 Å². The van der Waals surface area contributed by atoms with Crippen molar-refractivity contribution in [2.75, 3.05) is 24.7 Å². The van der Waals surface area contributed by atoms with Gasteiger partial charge in [0, 0.05) is 11.4 Å². The normalized spacial score (nSPS) is 9.67. The van der Waals surface area contributed by atoms with Gasteiger partial charge in [-0.3, -0.25) is 0 Å². The number of benzene rings is 1. The van der Waals surface area contributed by atoms with E-state index in [1.165, 1.54) is 0 Å². The number of nitrogens with one attached hydrogen (secondary N) is 1. The minimum Gasteiger partial charge on any atom is -0.384 e. The Bertz CT molecular complexity index is 357. The van der Waals surface area contributed by atoms with Crippen molar-refractivity contribution in [3.8, 4) is 6.07 Å². The first-order chi connectivity index (χ1) is 7.33. The van der Waals surface area contributed by atoms with Crippen LogP contribution >= 0.6 is 11.8 Å². The summed E-state index contributed by atoms with van der Waals surface area (Å²) in [7, 11) is 0. The van der Waals surface area contributed by atoms with Crippen molar-refractivity contribution >= 4 is 17.4 Å². The van der Waals surface area contributed by atoms with Gasteiger partial charge in [0.05, 0.1) is 11.3 Å². The molecule has 0 atom stereocenters. The van der Waals surface area contributed by atoms with Crippen LogP contribution < -0.4 is 11.1 Å². The Morgan fingerprint density at radius 1 is 1.53 bits per heavy atom. The van der Waals surface area contributed by atoms with Crippen LogP contribution in [0.15, 0.2) is 23.1 Å². The Balaban J connectivity index is 2.83. The number of nitrogens with two attached hydrogens (primary N) is 1. The lowest BCUT2D eigenvalue weighted by Gasteiger charge is -2.09. The van der Waals surface area contributed by atoms with E-state index in [0.29, 0.717) is 6.54 Å². The zero-order valence-electron chi connectivity index (χ0n) is 8.79. The Morgan fingerprint density at radius 3 is 2.93 bits per heavy atom. The highest BCUT2D eigenvalue weighted by Crippen LogP contribution is 2.25. The average molecular weight is 221 g/mol. The third-order valence-corrected chi connectivity index (χ3v) is 2.83. The standard InChI is InChI=1S/C11H15N3S/c1-15-11-5-2-4-10(9(11)8-13)14-7-3-6-12/h2,4-5,14H,3,6-7,12H2,1H3. The van der Waals surface area contributed by atoms with Gasteiger partial charge in [0.2, 0.25) is 0 Å². The van der Waals surface area contributed by atoms with Gasteiger partial charge in [-0.25, -0.2) is 0 Å². The van der Waals surface area contributed by atoms with Crippen LogP contribution in [-0.2, 0) is 0 Å². The molecule has 0 saturated heterocycles. The first kappa shape index (κ1) is 11.9. The molecule has 1 rings (SSSR count). The molecule has 0 amide bonds. The van der Waals surface area contributed by atoms with Crippen molar-refractivity contribution in [2.24, 2.45) is 5.73 Å². The summed E-state index contributed by atoms with van der Waals surface area (Å²) in [6, 6.07) is 8.06. The molecule has 0 aliphatic heterocycles. The summed E-state index contributed by atoms with van der Waals surface area (Å²) < 4.78 is 0. The van der Waals surface area contributed by atoms with Crippen molar-refractivity contribution in [2.45, 2.75) is 11.3 Å². The molecule has 0 spiro atoms. The highest BCUT2D eigenvalue weighted by Gasteiger charge is 2.05. The second kappa shape index (κ2) is 6.33. The third kappa shape index (κ3) is 3.15. The van der Waals surface area contributed by atoms with Crippen molar-refractivity contribution in [1.82, 2.24) is 0 Å². The largest absolute Gasteiger partial charge is 0.384 e. The highest BCUT2D eigenvalue weighted by atomic mass is 32.2. The van der Waals surface area contributed by atoms with E-state index in [1.807, 2.05) is 24.5 Å². The lowest BCUT2D eigenvalue weighted by atomic mass is 10.2. The number of rotatable bonds is 5. The fourth-order valence-electron chi connectivity index (χ4n) is 1.29. The monoisotopic (exact) mass is 221 g/mol. The van der Waals surface area contributed by atoms with E-state index in [1.54, 1.807) is 11.8 Å². The van der Waals surface area contributed by atoms with Crippen molar-refractivity contribution in [3.63, 3.8) is 0 Å². The van der Waals surface area contributed by atoms with Crippen LogP contribution in [0.3, 0.4) is 0 Å². The van der Waals surface area contributed by atoms with Crippen LogP contribution in [0.1, 0.15) is 12.0 Å². The van der Waals surface area contributed by atoms with Crippen LogP contribution in [-0.4, -0.2) is 19.3 Å². The quantitative estimate of drug-likeness (QED) is 0.590. The van der Waals surface area contributed by atoms with E-state index < -0.39 is 0 Å². The predicted octanol–water partition coefficient (Wildman–Crippen LogP) is 2.04. The molecule has 0 fully saturated rings. The first-order valence-corrected chi connectivity index (χ1v) is 6.07. The molecule has 0 bridgehead atoms. The molecule has 0 heterocycles. The number of nitrogens with zero attached hydrogens (tertiary/aromatic N) is 1. The van der Waals surface area contributed by atoms with Gasteiger partial charge in [0.25, 0.3) is 0 Å². The highest BCUT2D eigenvalue weighted by molar-refractivity contribution is 7.98. The summed E-state index contributed by atoms with van der Waals surface area (Å²) in [6.45, 7) is 1.47. The van der Waals surface area contributed by atoms with E-state index in [0.717, 1.165) is 29.1 Å². The Morgan fingerprint density at radius 2 is 2.33 bits per heavy atom. The predicted molar refractivity (Wildman–Crippen MR) is 65.1 cm³/mol. The molecule has 0 saturated carbocycles. The minimum absolute atomic E-state index is 0.664. The summed E-state index contributed by atoms with van der Waals surface area (Å²) in [6.07, 6.45) is 2.88. The van der Waals surface area contributed by atoms with Crippen molar-refractivity contribution in [3.05, 3.63) is 23.8 Å². The molecule has 0 unspecified atom stereocenters. The zero-order valence-corrected chi connectivity index (χ0v) is 9.60. The average Bonchev–Trinajstić information content (AvgIpc) is 2.29. The molecule has 0 aliphatic rings. The number of thioether (sulfide) groups is 1. The molecule has 15 heavy (non-hydrogen) atoms. The Kier molecular flexibility index (Phi) is 5.02. The molecular weight excluding hydrogens is 206 g/mol. The molecule has 0 aromatic heterocycles. The smallest absolute Gasteiger partial charge is 0.102 e. The topological polar surface area (TPSA) is 61.8 Å². The summed E-state index contributed by atoms with van der Waals surface area (Å²) in [4.78, 5) is 1.01. The number of hydrogen-bond donors (Lipinski definition) is 2. The summed E-state index contributed by atoms with van der Waals surface area (Å²) in [5, 5.41) is 12.3. The lowest BCUT2D eigenvalue weighted by molar-refractivity contribution is 0.873. The Labute approximate surface area is 94.7 Å². The first-order valence-electron chi connectivity index (χ1n) is 4.84. The van der Waals surface area contributed by atoms with Gasteiger partial charge in [-0.05, 0) is 31.4 Å². The van der Waals surface area contributed by atoms with Gasteiger partial charge in [-0.1, -0.05) is 6.07 Å². The number of hydrogen-bond acceptors (Lipinski definition) is 4. The molecule has 3 N–H and O–H groups in total. The van der Waals surface area contributed by atoms with E-state index in [9.17, 15) is 0 Å². The zero-order chi connectivity index (χ0) is 11.1. The fourth-order valence-corrected chi connectivity index (χ4v) is 1.86. The fraction of sp³-hybridized carbons (Fsp3) is 0.364. The van der Waals surface area contributed by atoms with Crippen LogP contribution in [0.5, 0.6) is 0 Å². The van der Waals surface area contributed by atoms with E-state index in [2.05, 4.69) is 11.4 Å². The van der Waals surface area contributed by atoms with E-state index >= 15 is 0 Å².